The number of hydrogen-bond donors (Lipinski definition) is 0. The summed E-state index contributed by atoms with van der Waals surface area (Å²) < 4.78 is 10.5. The molecule has 0 atom stereocenters. The largest absolute Gasteiger partial charge is 0.493 e. The number of ether oxygens (including phenoxy) is 2. The van der Waals surface area contributed by atoms with Gasteiger partial charge in [-0.2, -0.15) is 0 Å². The van der Waals surface area contributed by atoms with Gasteiger partial charge in [-0.1, -0.05) is 5.92 Å². The number of ketones is 1. The molecule has 0 aromatic heterocycles. The molecule has 0 N–H and O–H groups in total. The summed E-state index contributed by atoms with van der Waals surface area (Å²) in [5, 5.41) is 0. The van der Waals surface area contributed by atoms with E-state index in [1.165, 1.54) is 14.0 Å². The van der Waals surface area contributed by atoms with Gasteiger partial charge in [-0.3, -0.25) is 4.79 Å². The predicted octanol–water partition coefficient (Wildman–Crippen LogP) is 2.30. The zero-order valence-electron chi connectivity index (χ0n) is 9.66. The molecule has 84 valence electrons. The first-order valence-corrected chi connectivity index (χ1v) is 4.90. The molecule has 0 aliphatic rings. The molecule has 16 heavy (non-hydrogen) atoms. The van der Waals surface area contributed by atoms with Gasteiger partial charge in [-0.05, 0) is 32.0 Å². The van der Waals surface area contributed by atoms with Crippen molar-refractivity contribution in [3.05, 3.63) is 23.8 Å². The van der Waals surface area contributed by atoms with Crippen LogP contribution >= 0.6 is 0 Å². The van der Waals surface area contributed by atoms with Gasteiger partial charge in [0.25, 0.3) is 0 Å². The first-order valence-electron chi connectivity index (χ1n) is 4.90. The number of carbonyl (C=O) groups excluding carboxylic acids is 1. The molecule has 0 radical (unpaired) electrons. The highest BCUT2D eigenvalue weighted by Crippen LogP contribution is 2.28. The number of methoxy groups -OCH3 is 1. The molecule has 0 spiro atoms. The number of rotatable bonds is 4. The van der Waals surface area contributed by atoms with Crippen LogP contribution in [0.25, 0.3) is 0 Å². The predicted molar refractivity (Wildman–Crippen MR) is 61.9 cm³/mol. The van der Waals surface area contributed by atoms with Crippen molar-refractivity contribution in [2.24, 2.45) is 0 Å². The van der Waals surface area contributed by atoms with E-state index in [2.05, 4.69) is 11.8 Å². The molecular weight excluding hydrogens is 204 g/mol. The quantitative estimate of drug-likeness (QED) is 0.574. The van der Waals surface area contributed by atoms with Crippen LogP contribution < -0.4 is 9.47 Å². The molecule has 0 amide bonds. The van der Waals surface area contributed by atoms with E-state index in [-0.39, 0.29) is 5.78 Å². The first-order chi connectivity index (χ1) is 7.69. The summed E-state index contributed by atoms with van der Waals surface area (Å²) >= 11 is 0. The van der Waals surface area contributed by atoms with Gasteiger partial charge < -0.3 is 9.47 Å². The van der Waals surface area contributed by atoms with Crippen LogP contribution in [0.1, 0.15) is 24.2 Å². The zero-order valence-corrected chi connectivity index (χ0v) is 9.66. The van der Waals surface area contributed by atoms with Gasteiger partial charge in [0.2, 0.25) is 0 Å². The number of Topliss-reactive ketones (excluding diaryl/α,β-unsaturated/α-hetero) is 1. The van der Waals surface area contributed by atoms with Crippen molar-refractivity contribution in [1.29, 1.82) is 0 Å². The lowest BCUT2D eigenvalue weighted by molar-refractivity contribution is 0.101. The van der Waals surface area contributed by atoms with Crippen LogP contribution in [0.2, 0.25) is 0 Å². The van der Waals surface area contributed by atoms with Crippen molar-refractivity contribution in [2.75, 3.05) is 13.7 Å². The minimum Gasteiger partial charge on any atom is -0.493 e. The van der Waals surface area contributed by atoms with Gasteiger partial charge in [0, 0.05) is 5.56 Å². The molecule has 0 fully saturated rings. The lowest BCUT2D eigenvalue weighted by atomic mass is 10.1. The van der Waals surface area contributed by atoms with Crippen LogP contribution in [0.3, 0.4) is 0 Å². The Morgan fingerprint density at radius 2 is 2.12 bits per heavy atom. The van der Waals surface area contributed by atoms with E-state index >= 15 is 0 Å². The van der Waals surface area contributed by atoms with Crippen LogP contribution in [-0.4, -0.2) is 19.5 Å². The monoisotopic (exact) mass is 218 g/mol. The Labute approximate surface area is 95.4 Å². The van der Waals surface area contributed by atoms with Crippen molar-refractivity contribution in [2.45, 2.75) is 13.8 Å². The van der Waals surface area contributed by atoms with Gasteiger partial charge in [0.05, 0.1) is 7.11 Å². The normalized spacial score (nSPS) is 8.94. The molecule has 3 heteroatoms. The van der Waals surface area contributed by atoms with E-state index < -0.39 is 0 Å². The molecule has 0 unspecified atom stereocenters. The third-order valence-electron chi connectivity index (χ3n) is 2.05. The minimum absolute atomic E-state index is 0.00167. The standard InChI is InChI=1S/C13H14O3/c1-4-5-8-16-12-7-6-11(10(2)14)9-13(12)15-3/h6-7,9H,8H2,1-3H3. The van der Waals surface area contributed by atoms with Crippen molar-refractivity contribution in [3.63, 3.8) is 0 Å². The van der Waals surface area contributed by atoms with E-state index in [0.717, 1.165) is 0 Å². The molecule has 0 saturated carbocycles. The zero-order chi connectivity index (χ0) is 12.0. The fourth-order valence-corrected chi connectivity index (χ4v) is 1.19. The Morgan fingerprint density at radius 3 is 2.69 bits per heavy atom. The van der Waals surface area contributed by atoms with E-state index in [1.54, 1.807) is 25.1 Å². The number of hydrogen-bond acceptors (Lipinski definition) is 3. The van der Waals surface area contributed by atoms with E-state index in [9.17, 15) is 4.79 Å². The highest BCUT2D eigenvalue weighted by atomic mass is 16.5. The topological polar surface area (TPSA) is 35.5 Å². The lowest BCUT2D eigenvalue weighted by Gasteiger charge is -2.09. The van der Waals surface area contributed by atoms with Gasteiger partial charge in [-0.25, -0.2) is 0 Å². The van der Waals surface area contributed by atoms with Crippen molar-refractivity contribution in [3.8, 4) is 23.3 Å². The van der Waals surface area contributed by atoms with Gasteiger partial charge in [0.1, 0.15) is 6.61 Å². The van der Waals surface area contributed by atoms with Crippen LogP contribution in [0.4, 0.5) is 0 Å². The molecule has 0 aliphatic heterocycles. The van der Waals surface area contributed by atoms with Crippen molar-refractivity contribution < 1.29 is 14.3 Å². The fraction of sp³-hybridized carbons (Fsp3) is 0.308. The Bertz CT molecular complexity index is 438. The third kappa shape index (κ3) is 3.03. The molecule has 0 heterocycles. The summed E-state index contributed by atoms with van der Waals surface area (Å²) in [5.74, 6) is 6.66. The second kappa shape index (κ2) is 5.82. The summed E-state index contributed by atoms with van der Waals surface area (Å²) in [6.07, 6.45) is 0. The average Bonchev–Trinajstić information content (AvgIpc) is 2.29. The maximum absolute atomic E-state index is 11.2. The summed E-state index contributed by atoms with van der Waals surface area (Å²) in [6.45, 7) is 3.57. The maximum atomic E-state index is 11.2. The Kier molecular flexibility index (Phi) is 4.41. The van der Waals surface area contributed by atoms with E-state index in [4.69, 9.17) is 9.47 Å². The van der Waals surface area contributed by atoms with Crippen LogP contribution in [0.15, 0.2) is 18.2 Å². The van der Waals surface area contributed by atoms with E-state index in [1.807, 2.05) is 0 Å². The second-order valence-electron chi connectivity index (χ2n) is 3.14. The maximum Gasteiger partial charge on any atom is 0.162 e. The summed E-state index contributed by atoms with van der Waals surface area (Å²) in [6, 6.07) is 5.09. The highest BCUT2D eigenvalue weighted by Gasteiger charge is 2.07. The SMILES string of the molecule is CC#CCOc1ccc(C(C)=O)cc1OC. The third-order valence-corrected chi connectivity index (χ3v) is 2.05. The lowest BCUT2D eigenvalue weighted by Crippen LogP contribution is -1.99. The minimum atomic E-state index is -0.00167. The molecule has 1 aromatic rings. The van der Waals surface area contributed by atoms with Gasteiger partial charge >= 0.3 is 0 Å². The van der Waals surface area contributed by atoms with Gasteiger partial charge in [-0.15, -0.1) is 5.92 Å². The molecule has 0 aliphatic carbocycles. The molecule has 0 bridgehead atoms. The Balaban J connectivity index is 2.91. The molecule has 0 saturated heterocycles. The average molecular weight is 218 g/mol. The summed E-state index contributed by atoms with van der Waals surface area (Å²) in [7, 11) is 1.54. The van der Waals surface area contributed by atoms with Crippen LogP contribution in [0.5, 0.6) is 11.5 Å². The fourth-order valence-electron chi connectivity index (χ4n) is 1.19. The number of benzene rings is 1. The molecule has 1 rings (SSSR count). The Hall–Kier alpha value is -1.95. The van der Waals surface area contributed by atoms with Crippen LogP contribution in [0, 0.1) is 11.8 Å². The van der Waals surface area contributed by atoms with Gasteiger partial charge in [0.15, 0.2) is 17.3 Å². The van der Waals surface area contributed by atoms with Crippen molar-refractivity contribution >= 4 is 5.78 Å². The number of carbonyl (C=O) groups is 1. The highest BCUT2D eigenvalue weighted by molar-refractivity contribution is 5.94. The molecule has 3 nitrogen and oxygen atoms in total. The molecule has 1 aromatic carbocycles. The molecular formula is C13H14O3. The Morgan fingerprint density at radius 1 is 1.38 bits per heavy atom. The summed E-state index contributed by atoms with van der Waals surface area (Å²) in [4.78, 5) is 11.2. The first kappa shape index (κ1) is 12.1. The smallest absolute Gasteiger partial charge is 0.162 e. The summed E-state index contributed by atoms with van der Waals surface area (Å²) in [5.41, 5.74) is 0.603. The van der Waals surface area contributed by atoms with Crippen molar-refractivity contribution in [1.82, 2.24) is 0 Å². The van der Waals surface area contributed by atoms with E-state index in [0.29, 0.717) is 23.7 Å². The van der Waals surface area contributed by atoms with Crippen LogP contribution in [-0.2, 0) is 0 Å². The second-order valence-corrected chi connectivity index (χ2v) is 3.14.